The van der Waals surface area contributed by atoms with E-state index in [2.05, 4.69) is 21.2 Å². The van der Waals surface area contributed by atoms with Crippen LogP contribution in [0.25, 0.3) is 10.8 Å². The van der Waals surface area contributed by atoms with Crippen molar-refractivity contribution < 1.29 is 14.3 Å². The Morgan fingerprint density at radius 1 is 1.08 bits per heavy atom. The number of nitrogens with one attached hydrogen (secondary N) is 1. The quantitative estimate of drug-likeness (QED) is 0.674. The van der Waals surface area contributed by atoms with E-state index in [1.807, 2.05) is 42.5 Å². The Balaban J connectivity index is 1.59. The highest BCUT2D eigenvalue weighted by molar-refractivity contribution is 9.10. The summed E-state index contributed by atoms with van der Waals surface area (Å²) in [5.41, 5.74) is 1.33. The normalized spacial score (nSPS) is 12.1. The Morgan fingerprint density at radius 3 is 2.60 bits per heavy atom. The van der Waals surface area contributed by atoms with Crippen molar-refractivity contribution in [3.8, 4) is 0 Å². The van der Waals surface area contributed by atoms with E-state index in [0.29, 0.717) is 10.0 Å². The van der Waals surface area contributed by atoms with Crippen LogP contribution in [0.4, 0.5) is 4.39 Å². The van der Waals surface area contributed by atoms with E-state index < -0.39 is 11.9 Å². The van der Waals surface area contributed by atoms with Gasteiger partial charge in [-0.25, -0.2) is 4.39 Å². The molecule has 25 heavy (non-hydrogen) atoms. The van der Waals surface area contributed by atoms with Crippen molar-refractivity contribution in [2.45, 2.75) is 12.5 Å². The molecule has 0 aromatic heterocycles. The first-order chi connectivity index (χ1) is 12.0. The first-order valence-corrected chi connectivity index (χ1v) is 8.69. The maximum atomic E-state index is 13.5. The molecule has 5 heteroatoms. The highest BCUT2D eigenvalue weighted by Gasteiger charge is 2.11. The number of hydrogen-bond acceptors (Lipinski definition) is 2. The molecular formula is C20H17BrFNO2. The molecule has 1 atom stereocenters. The summed E-state index contributed by atoms with van der Waals surface area (Å²) in [6.45, 7) is 0.107. The van der Waals surface area contributed by atoms with Crippen LogP contribution >= 0.6 is 15.9 Å². The van der Waals surface area contributed by atoms with Gasteiger partial charge < -0.3 is 10.4 Å². The average molecular weight is 402 g/mol. The molecule has 0 heterocycles. The molecule has 1 unspecified atom stereocenters. The van der Waals surface area contributed by atoms with Crippen LogP contribution in [0, 0.1) is 5.82 Å². The standard InChI is InChI=1S/C20H17BrFNO2/c21-17-8-5-13(9-18(17)22)10-20(25)23-12-19(24)16-7-6-14-3-1-2-4-15(14)11-16/h1-9,11,19,24H,10,12H2,(H,23,25). The third-order valence-corrected chi connectivity index (χ3v) is 4.64. The van der Waals surface area contributed by atoms with Crippen molar-refractivity contribution in [3.63, 3.8) is 0 Å². The summed E-state index contributed by atoms with van der Waals surface area (Å²) in [5.74, 6) is -0.664. The molecule has 1 amide bonds. The fraction of sp³-hybridized carbons (Fsp3) is 0.150. The molecule has 0 fully saturated rings. The fourth-order valence-electron chi connectivity index (χ4n) is 2.64. The Labute approximate surface area is 153 Å². The van der Waals surface area contributed by atoms with E-state index >= 15 is 0 Å². The average Bonchev–Trinajstić information content (AvgIpc) is 2.62. The second-order valence-corrected chi connectivity index (χ2v) is 6.71. The van der Waals surface area contributed by atoms with Crippen molar-refractivity contribution in [1.29, 1.82) is 0 Å². The monoisotopic (exact) mass is 401 g/mol. The molecule has 3 rings (SSSR count). The number of rotatable bonds is 5. The van der Waals surface area contributed by atoms with E-state index in [0.717, 1.165) is 16.3 Å². The van der Waals surface area contributed by atoms with Gasteiger partial charge in [0.2, 0.25) is 5.91 Å². The number of benzene rings is 3. The number of carbonyl (C=O) groups excluding carboxylic acids is 1. The Kier molecular flexibility index (Phi) is 5.46. The second kappa shape index (κ2) is 7.76. The van der Waals surface area contributed by atoms with Crippen LogP contribution in [-0.4, -0.2) is 17.6 Å². The molecule has 3 aromatic carbocycles. The maximum absolute atomic E-state index is 13.5. The predicted octanol–water partition coefficient (Wildman–Crippen LogP) is 4.13. The molecule has 0 saturated heterocycles. The van der Waals surface area contributed by atoms with Crippen molar-refractivity contribution >= 4 is 32.6 Å². The summed E-state index contributed by atoms with van der Waals surface area (Å²) in [5, 5.41) is 15.1. The Morgan fingerprint density at radius 2 is 1.84 bits per heavy atom. The summed E-state index contributed by atoms with van der Waals surface area (Å²) >= 11 is 3.08. The zero-order valence-corrected chi connectivity index (χ0v) is 15.0. The van der Waals surface area contributed by atoms with Gasteiger partial charge in [0.15, 0.2) is 0 Å². The lowest BCUT2D eigenvalue weighted by atomic mass is 10.0. The molecule has 0 spiro atoms. The summed E-state index contributed by atoms with van der Waals surface area (Å²) in [7, 11) is 0. The number of aliphatic hydroxyl groups is 1. The van der Waals surface area contributed by atoms with Gasteiger partial charge in [-0.2, -0.15) is 0 Å². The van der Waals surface area contributed by atoms with Crippen LogP contribution in [0.15, 0.2) is 65.1 Å². The molecule has 0 bridgehead atoms. The Hall–Kier alpha value is -2.24. The number of aliphatic hydroxyl groups excluding tert-OH is 1. The highest BCUT2D eigenvalue weighted by atomic mass is 79.9. The lowest BCUT2D eigenvalue weighted by molar-refractivity contribution is -0.120. The number of carbonyl (C=O) groups is 1. The Bertz CT molecular complexity index is 913. The van der Waals surface area contributed by atoms with E-state index in [9.17, 15) is 14.3 Å². The third-order valence-electron chi connectivity index (χ3n) is 4.00. The molecule has 0 saturated carbocycles. The number of hydrogen-bond donors (Lipinski definition) is 2. The summed E-state index contributed by atoms with van der Waals surface area (Å²) in [6.07, 6.45) is -0.732. The fourth-order valence-corrected chi connectivity index (χ4v) is 2.89. The third kappa shape index (κ3) is 4.44. The van der Waals surface area contributed by atoms with E-state index in [-0.39, 0.29) is 18.9 Å². The van der Waals surface area contributed by atoms with Gasteiger partial charge >= 0.3 is 0 Å². The number of fused-ring (bicyclic) bond motifs is 1. The van der Waals surface area contributed by atoms with Gasteiger partial charge in [-0.05, 0) is 56.0 Å². The molecular weight excluding hydrogens is 385 g/mol. The van der Waals surface area contributed by atoms with Crippen LogP contribution in [0.2, 0.25) is 0 Å². The molecule has 128 valence electrons. The van der Waals surface area contributed by atoms with Gasteiger partial charge in [-0.1, -0.05) is 42.5 Å². The van der Waals surface area contributed by atoms with Gasteiger partial charge in [0.25, 0.3) is 0 Å². The minimum Gasteiger partial charge on any atom is -0.387 e. The summed E-state index contributed by atoms with van der Waals surface area (Å²) < 4.78 is 13.8. The van der Waals surface area contributed by atoms with Crippen molar-refractivity contribution in [2.24, 2.45) is 0 Å². The smallest absolute Gasteiger partial charge is 0.224 e. The molecule has 3 aromatic rings. The first kappa shape index (κ1) is 17.6. The summed E-state index contributed by atoms with van der Waals surface area (Å²) in [6, 6.07) is 18.2. The van der Waals surface area contributed by atoms with E-state index in [1.54, 1.807) is 12.1 Å². The van der Waals surface area contributed by atoms with Gasteiger partial charge in [-0.15, -0.1) is 0 Å². The molecule has 3 nitrogen and oxygen atoms in total. The van der Waals surface area contributed by atoms with Crippen molar-refractivity contribution in [3.05, 3.63) is 82.1 Å². The largest absolute Gasteiger partial charge is 0.387 e. The van der Waals surface area contributed by atoms with E-state index in [1.165, 1.54) is 6.07 Å². The van der Waals surface area contributed by atoms with Crippen molar-refractivity contribution in [2.75, 3.05) is 6.54 Å². The lowest BCUT2D eigenvalue weighted by Gasteiger charge is -2.13. The van der Waals surface area contributed by atoms with Gasteiger partial charge in [0.1, 0.15) is 5.82 Å². The SMILES string of the molecule is O=C(Cc1ccc(Br)c(F)c1)NCC(O)c1ccc2ccccc2c1. The molecule has 2 N–H and O–H groups in total. The van der Waals surface area contributed by atoms with Gasteiger partial charge in [-0.3, -0.25) is 4.79 Å². The van der Waals surface area contributed by atoms with Crippen LogP contribution in [0.3, 0.4) is 0 Å². The van der Waals surface area contributed by atoms with Crippen LogP contribution in [-0.2, 0) is 11.2 Å². The predicted molar refractivity (Wildman–Crippen MR) is 99.7 cm³/mol. The van der Waals surface area contributed by atoms with Crippen LogP contribution < -0.4 is 5.32 Å². The number of halogens is 2. The molecule has 0 aliphatic carbocycles. The van der Waals surface area contributed by atoms with Gasteiger partial charge in [0, 0.05) is 6.54 Å². The minimum atomic E-state index is -0.796. The maximum Gasteiger partial charge on any atom is 0.224 e. The molecule has 0 aliphatic rings. The zero-order valence-electron chi connectivity index (χ0n) is 13.4. The van der Waals surface area contributed by atoms with Crippen LogP contribution in [0.5, 0.6) is 0 Å². The second-order valence-electron chi connectivity index (χ2n) is 5.85. The van der Waals surface area contributed by atoms with Gasteiger partial charge in [0.05, 0.1) is 17.0 Å². The zero-order chi connectivity index (χ0) is 17.8. The topological polar surface area (TPSA) is 49.3 Å². The first-order valence-electron chi connectivity index (χ1n) is 7.90. The number of amides is 1. The molecule has 0 aliphatic heterocycles. The van der Waals surface area contributed by atoms with E-state index in [4.69, 9.17) is 0 Å². The summed E-state index contributed by atoms with van der Waals surface area (Å²) in [4.78, 5) is 12.0. The van der Waals surface area contributed by atoms with Crippen molar-refractivity contribution in [1.82, 2.24) is 5.32 Å². The minimum absolute atomic E-state index is 0.0641. The van der Waals surface area contributed by atoms with Crippen LogP contribution in [0.1, 0.15) is 17.2 Å². The molecule has 0 radical (unpaired) electrons. The highest BCUT2D eigenvalue weighted by Crippen LogP contribution is 2.20. The lowest BCUT2D eigenvalue weighted by Crippen LogP contribution is -2.29.